The number of hydrogen-bond acceptors (Lipinski definition) is 8. The Hall–Kier alpha value is -3.51. The maximum atomic E-state index is 12.9. The van der Waals surface area contributed by atoms with Crippen molar-refractivity contribution in [3.05, 3.63) is 29.8 Å². The number of aldehydes is 1. The van der Waals surface area contributed by atoms with Crippen molar-refractivity contribution in [1.29, 1.82) is 0 Å². The van der Waals surface area contributed by atoms with Crippen LogP contribution >= 0.6 is 0 Å². The molecule has 4 atom stereocenters. The number of phenols is 1. The lowest BCUT2D eigenvalue weighted by molar-refractivity contribution is -0.141. The fraction of sp³-hybridized carbons (Fsp3) is 0.500. The summed E-state index contributed by atoms with van der Waals surface area (Å²) in [6, 6.07) is 1.19. The third-order valence-electron chi connectivity index (χ3n) is 4.77. The predicted octanol–water partition coefficient (Wildman–Crippen LogP) is -1.57. The molecule has 3 amide bonds. The van der Waals surface area contributed by atoms with Gasteiger partial charge in [0.05, 0.1) is 19.1 Å². The lowest BCUT2D eigenvalue weighted by atomic mass is 10.0. The summed E-state index contributed by atoms with van der Waals surface area (Å²) in [5.74, 6) is -3.77. The van der Waals surface area contributed by atoms with Crippen LogP contribution in [-0.2, 0) is 30.4 Å². The molecule has 0 bridgehead atoms. The molecule has 0 aliphatic carbocycles. The van der Waals surface area contributed by atoms with Crippen LogP contribution in [0, 0.1) is 5.92 Å². The molecule has 0 aliphatic rings. The Morgan fingerprint density at radius 1 is 0.971 bits per heavy atom. The molecule has 1 aromatic carbocycles. The molecule has 0 unspecified atom stereocenters. The fourth-order valence-electron chi connectivity index (χ4n) is 3.02. The van der Waals surface area contributed by atoms with Crippen molar-refractivity contribution in [2.45, 2.75) is 57.3 Å². The number of aliphatic hydroxyl groups excluding tert-OH is 1. The van der Waals surface area contributed by atoms with E-state index in [0.29, 0.717) is 5.56 Å². The first-order valence-electron chi connectivity index (χ1n) is 10.7. The number of nitrogens with one attached hydrogen (secondary N) is 3. The number of benzene rings is 1. The van der Waals surface area contributed by atoms with Crippen molar-refractivity contribution in [3.8, 4) is 5.75 Å². The molecule has 0 radical (unpaired) electrons. The number of hydrogen-bond donors (Lipinski definition) is 7. The van der Waals surface area contributed by atoms with Crippen LogP contribution in [0.4, 0.5) is 0 Å². The van der Waals surface area contributed by atoms with E-state index in [9.17, 15) is 29.1 Å². The minimum absolute atomic E-state index is 0.0510. The number of rotatable bonds is 14. The van der Waals surface area contributed by atoms with Gasteiger partial charge in [-0.2, -0.15) is 0 Å². The number of aromatic hydroxyl groups is 1. The average Bonchev–Trinajstić information content (AvgIpc) is 2.77. The quantitative estimate of drug-likeness (QED) is 0.153. The number of carbonyl (C=O) groups excluding carboxylic acids is 4. The van der Waals surface area contributed by atoms with E-state index in [1.54, 1.807) is 26.0 Å². The van der Waals surface area contributed by atoms with Gasteiger partial charge in [0.25, 0.3) is 0 Å². The van der Waals surface area contributed by atoms with E-state index in [1.807, 2.05) is 0 Å². The molecular formula is C22H32N4O8. The van der Waals surface area contributed by atoms with Gasteiger partial charge in [-0.05, 0) is 36.5 Å². The van der Waals surface area contributed by atoms with Crippen molar-refractivity contribution in [2.24, 2.45) is 11.7 Å². The molecule has 0 heterocycles. The minimum atomic E-state index is -1.55. The zero-order valence-corrected chi connectivity index (χ0v) is 19.1. The van der Waals surface area contributed by atoms with E-state index < -0.39 is 60.9 Å². The molecule has 188 valence electrons. The molecule has 0 saturated carbocycles. The van der Waals surface area contributed by atoms with Gasteiger partial charge in [0.2, 0.25) is 17.7 Å². The molecule has 8 N–H and O–H groups in total. The van der Waals surface area contributed by atoms with Crippen molar-refractivity contribution in [1.82, 2.24) is 16.0 Å². The van der Waals surface area contributed by atoms with Crippen molar-refractivity contribution >= 4 is 30.0 Å². The summed E-state index contributed by atoms with van der Waals surface area (Å²) in [5.41, 5.74) is 6.65. The molecule has 0 aliphatic heterocycles. The van der Waals surface area contributed by atoms with Gasteiger partial charge >= 0.3 is 5.97 Å². The molecule has 0 spiro atoms. The van der Waals surface area contributed by atoms with Gasteiger partial charge in [0.1, 0.15) is 30.2 Å². The molecule has 1 aromatic rings. The van der Waals surface area contributed by atoms with Gasteiger partial charge in [-0.25, -0.2) is 0 Å². The van der Waals surface area contributed by atoms with Crippen LogP contribution in [0.1, 0.15) is 32.3 Å². The van der Waals surface area contributed by atoms with Crippen molar-refractivity contribution < 1.29 is 39.3 Å². The number of carboxylic acid groups (broad SMARTS) is 1. The summed E-state index contributed by atoms with van der Waals surface area (Å²) in [4.78, 5) is 59.9. The Balaban J connectivity index is 2.92. The molecule has 1 rings (SSSR count). The third kappa shape index (κ3) is 9.96. The van der Waals surface area contributed by atoms with Crippen LogP contribution in [0.3, 0.4) is 0 Å². The monoisotopic (exact) mass is 480 g/mol. The predicted molar refractivity (Wildman–Crippen MR) is 120 cm³/mol. The average molecular weight is 481 g/mol. The van der Waals surface area contributed by atoms with E-state index in [4.69, 9.17) is 15.9 Å². The number of aliphatic hydroxyl groups is 1. The number of phenolic OH excluding ortho intramolecular Hbond substituents is 1. The SMILES string of the molecule is CC(C)C[C@H](NC(=O)[C@@H](N)Cc1ccc(O)cc1)C(=O)N[C@@H](CC(=O)O)C(=O)N[C@H](C=O)CO. The maximum absolute atomic E-state index is 12.9. The number of carbonyl (C=O) groups is 5. The highest BCUT2D eigenvalue weighted by atomic mass is 16.4. The summed E-state index contributed by atoms with van der Waals surface area (Å²) >= 11 is 0. The number of aliphatic carboxylic acids is 1. The first-order valence-corrected chi connectivity index (χ1v) is 10.7. The first-order chi connectivity index (χ1) is 16.0. The van der Waals surface area contributed by atoms with Gasteiger partial charge in [-0.15, -0.1) is 0 Å². The normalized spacial score (nSPS) is 14.4. The molecule has 0 saturated heterocycles. The standard InChI is InChI=1S/C22H32N4O8/c1-12(2)7-17(25-20(32)16(23)8-13-3-5-15(29)6-4-13)22(34)26-18(9-19(30)31)21(33)24-14(10-27)11-28/h3-6,10,12,14,16-18,28-29H,7-9,11,23H2,1-2H3,(H,24,33)(H,25,32)(H,26,34)(H,30,31)/t14-,16+,17+,18+/m1/s1. The van der Waals surface area contributed by atoms with Crippen LogP contribution < -0.4 is 21.7 Å². The van der Waals surface area contributed by atoms with Crippen LogP contribution in [0.5, 0.6) is 5.75 Å². The lowest BCUT2D eigenvalue weighted by Gasteiger charge is -2.25. The Morgan fingerprint density at radius 3 is 2.03 bits per heavy atom. The Bertz CT molecular complexity index is 859. The highest BCUT2D eigenvalue weighted by Crippen LogP contribution is 2.12. The molecule has 34 heavy (non-hydrogen) atoms. The van der Waals surface area contributed by atoms with Gasteiger partial charge in [-0.1, -0.05) is 26.0 Å². The van der Waals surface area contributed by atoms with Crippen LogP contribution in [0.2, 0.25) is 0 Å². The fourth-order valence-corrected chi connectivity index (χ4v) is 3.02. The highest BCUT2D eigenvalue weighted by molar-refractivity contribution is 5.95. The van der Waals surface area contributed by atoms with Gasteiger partial charge < -0.3 is 41.8 Å². The summed E-state index contributed by atoms with van der Waals surface area (Å²) in [5, 5.41) is 34.5. The van der Waals surface area contributed by atoms with Crippen LogP contribution in [-0.4, -0.2) is 76.1 Å². The van der Waals surface area contributed by atoms with E-state index in [-0.39, 0.29) is 30.8 Å². The van der Waals surface area contributed by atoms with Gasteiger partial charge in [-0.3, -0.25) is 19.2 Å². The molecule has 12 nitrogen and oxygen atoms in total. The Kier molecular flexibility index (Phi) is 11.7. The number of nitrogens with two attached hydrogens (primary N) is 1. The van der Waals surface area contributed by atoms with E-state index in [0.717, 1.165) is 0 Å². The van der Waals surface area contributed by atoms with E-state index in [1.165, 1.54) is 12.1 Å². The second-order valence-electron chi connectivity index (χ2n) is 8.26. The van der Waals surface area contributed by atoms with E-state index >= 15 is 0 Å². The maximum Gasteiger partial charge on any atom is 0.305 e. The summed E-state index contributed by atoms with van der Waals surface area (Å²) in [7, 11) is 0. The zero-order valence-electron chi connectivity index (χ0n) is 19.1. The smallest absolute Gasteiger partial charge is 0.305 e. The van der Waals surface area contributed by atoms with Crippen LogP contribution in [0.15, 0.2) is 24.3 Å². The Morgan fingerprint density at radius 2 is 1.53 bits per heavy atom. The molecule has 0 fully saturated rings. The Labute approximate surface area is 196 Å². The minimum Gasteiger partial charge on any atom is -0.508 e. The van der Waals surface area contributed by atoms with Crippen molar-refractivity contribution in [2.75, 3.05) is 6.61 Å². The van der Waals surface area contributed by atoms with Gasteiger partial charge in [0, 0.05) is 0 Å². The summed E-state index contributed by atoms with van der Waals surface area (Å²) in [6.45, 7) is 2.91. The second-order valence-corrected chi connectivity index (χ2v) is 8.26. The van der Waals surface area contributed by atoms with Crippen molar-refractivity contribution in [3.63, 3.8) is 0 Å². The lowest BCUT2D eigenvalue weighted by Crippen LogP contribution is -2.57. The summed E-state index contributed by atoms with van der Waals surface area (Å²) < 4.78 is 0. The molecule has 12 heteroatoms. The first kappa shape index (κ1) is 28.5. The zero-order chi connectivity index (χ0) is 25.8. The number of carboxylic acids is 1. The molecular weight excluding hydrogens is 448 g/mol. The number of amides is 3. The summed E-state index contributed by atoms with van der Waals surface area (Å²) in [6.07, 6.45) is -0.189. The molecule has 0 aromatic heterocycles. The van der Waals surface area contributed by atoms with Crippen LogP contribution in [0.25, 0.3) is 0 Å². The van der Waals surface area contributed by atoms with E-state index in [2.05, 4.69) is 16.0 Å². The topological polar surface area (TPSA) is 208 Å². The second kappa shape index (κ2) is 13.9. The third-order valence-corrected chi connectivity index (χ3v) is 4.77. The van der Waals surface area contributed by atoms with Gasteiger partial charge in [0.15, 0.2) is 0 Å². The highest BCUT2D eigenvalue weighted by Gasteiger charge is 2.30. The largest absolute Gasteiger partial charge is 0.508 e.